The van der Waals surface area contributed by atoms with Crippen LogP contribution in [0.2, 0.25) is 0 Å². The number of carbonyl (C=O) groups excluding carboxylic acids is 1. The Hall–Kier alpha value is -2.82. The molecule has 2 N–H and O–H groups in total. The van der Waals surface area contributed by atoms with Crippen molar-refractivity contribution >= 4 is 12.1 Å². The summed E-state index contributed by atoms with van der Waals surface area (Å²) in [6.45, 7) is 0.328. The van der Waals surface area contributed by atoms with Gasteiger partial charge in [0, 0.05) is 18.4 Å². The van der Waals surface area contributed by atoms with Crippen LogP contribution in [-0.2, 0) is 9.53 Å². The van der Waals surface area contributed by atoms with Gasteiger partial charge < -0.3 is 15.2 Å². The molecule has 1 fully saturated rings. The lowest BCUT2D eigenvalue weighted by Crippen LogP contribution is -2.39. The fraction of sp³-hybridized carbons (Fsp3) is 0.440. The van der Waals surface area contributed by atoms with Gasteiger partial charge in [0.1, 0.15) is 6.61 Å². The number of amides is 1. The number of aliphatic carboxylic acids is 1. The van der Waals surface area contributed by atoms with Crippen LogP contribution < -0.4 is 5.32 Å². The molecule has 1 saturated carbocycles. The number of ether oxygens (including phenoxy) is 1. The number of nitrogens with one attached hydrogen (secondary N) is 1. The Bertz CT molecular complexity index is 864. The maximum absolute atomic E-state index is 12.5. The number of fused-ring (bicyclic) bond motifs is 3. The molecule has 2 unspecified atom stereocenters. The smallest absolute Gasteiger partial charge is 0.407 e. The third-order valence-electron chi connectivity index (χ3n) is 6.45. The molecule has 5 heteroatoms. The Morgan fingerprint density at radius 2 is 1.67 bits per heavy atom. The molecule has 2 aliphatic carbocycles. The molecule has 2 aromatic carbocycles. The van der Waals surface area contributed by atoms with E-state index in [9.17, 15) is 9.59 Å². The molecule has 0 radical (unpaired) electrons. The average molecular weight is 408 g/mol. The van der Waals surface area contributed by atoms with Gasteiger partial charge >= 0.3 is 12.1 Å². The van der Waals surface area contributed by atoms with Crippen LogP contribution in [0.1, 0.15) is 62.0 Å². The normalized spacial score (nSPS) is 20.3. The summed E-state index contributed by atoms with van der Waals surface area (Å²) in [5.41, 5.74) is 4.86. The van der Waals surface area contributed by atoms with E-state index in [1.807, 2.05) is 24.3 Å². The second-order valence-electron chi connectivity index (χ2n) is 8.49. The van der Waals surface area contributed by atoms with Crippen LogP contribution in [0, 0.1) is 5.92 Å². The maximum atomic E-state index is 12.5. The lowest BCUT2D eigenvalue weighted by Gasteiger charge is -2.29. The highest BCUT2D eigenvalue weighted by molar-refractivity contribution is 5.79. The summed E-state index contributed by atoms with van der Waals surface area (Å²) in [4.78, 5) is 23.2. The molecule has 0 heterocycles. The Labute approximate surface area is 177 Å². The highest BCUT2D eigenvalue weighted by Gasteiger charge is 2.29. The molecule has 5 nitrogen and oxygen atoms in total. The van der Waals surface area contributed by atoms with Crippen LogP contribution in [0.5, 0.6) is 0 Å². The molecule has 2 aromatic rings. The van der Waals surface area contributed by atoms with E-state index in [2.05, 4.69) is 29.6 Å². The number of alkyl carbamates (subject to hydrolysis) is 1. The van der Waals surface area contributed by atoms with E-state index in [1.54, 1.807) is 0 Å². The number of hydrogen-bond acceptors (Lipinski definition) is 3. The summed E-state index contributed by atoms with van der Waals surface area (Å²) in [5, 5.41) is 11.9. The van der Waals surface area contributed by atoms with Gasteiger partial charge in [-0.25, -0.2) is 4.79 Å². The number of benzene rings is 2. The van der Waals surface area contributed by atoms with Gasteiger partial charge in [0.2, 0.25) is 0 Å². The van der Waals surface area contributed by atoms with E-state index in [1.165, 1.54) is 22.3 Å². The van der Waals surface area contributed by atoms with Crippen molar-refractivity contribution < 1.29 is 19.4 Å². The second-order valence-corrected chi connectivity index (χ2v) is 8.49. The minimum absolute atomic E-state index is 0.0678. The number of hydrogen-bond donors (Lipinski definition) is 2. The summed E-state index contributed by atoms with van der Waals surface area (Å²) >= 11 is 0. The summed E-state index contributed by atoms with van der Waals surface area (Å²) in [6.07, 6.45) is 5.53. The molecular weight excluding hydrogens is 378 g/mol. The first-order chi connectivity index (χ1) is 14.6. The number of carboxylic acid groups (broad SMARTS) is 1. The second kappa shape index (κ2) is 9.33. The zero-order valence-electron chi connectivity index (χ0n) is 17.2. The average Bonchev–Trinajstić information content (AvgIpc) is 3.06. The lowest BCUT2D eigenvalue weighted by molar-refractivity contribution is -0.137. The number of carbonyl (C=O) groups is 2. The zero-order chi connectivity index (χ0) is 20.9. The van der Waals surface area contributed by atoms with E-state index in [-0.39, 0.29) is 24.5 Å². The summed E-state index contributed by atoms with van der Waals surface area (Å²) in [7, 11) is 0. The number of rotatable bonds is 7. The third-order valence-corrected chi connectivity index (χ3v) is 6.45. The van der Waals surface area contributed by atoms with E-state index in [4.69, 9.17) is 9.84 Å². The van der Waals surface area contributed by atoms with Crippen molar-refractivity contribution in [1.29, 1.82) is 0 Å². The van der Waals surface area contributed by atoms with Crippen molar-refractivity contribution in [3.8, 4) is 11.1 Å². The van der Waals surface area contributed by atoms with Crippen LogP contribution in [0.15, 0.2) is 48.5 Å². The minimum Gasteiger partial charge on any atom is -0.481 e. The molecule has 1 amide bonds. The van der Waals surface area contributed by atoms with Crippen molar-refractivity contribution in [2.75, 3.05) is 6.61 Å². The van der Waals surface area contributed by atoms with Crippen LogP contribution in [0.3, 0.4) is 0 Å². The molecule has 0 spiro atoms. The third kappa shape index (κ3) is 4.66. The predicted octanol–water partition coefficient (Wildman–Crippen LogP) is 5.34. The van der Waals surface area contributed by atoms with Crippen LogP contribution in [-0.4, -0.2) is 29.8 Å². The molecular formula is C25H29NO4. The van der Waals surface area contributed by atoms with Crippen molar-refractivity contribution in [3.63, 3.8) is 0 Å². The van der Waals surface area contributed by atoms with Gasteiger partial charge in [-0.3, -0.25) is 4.79 Å². The molecule has 30 heavy (non-hydrogen) atoms. The molecule has 0 saturated heterocycles. The molecule has 4 rings (SSSR count). The molecule has 0 aliphatic heterocycles. The monoisotopic (exact) mass is 407 g/mol. The molecule has 2 atom stereocenters. The van der Waals surface area contributed by atoms with E-state index < -0.39 is 5.97 Å². The van der Waals surface area contributed by atoms with Gasteiger partial charge in [-0.15, -0.1) is 0 Å². The van der Waals surface area contributed by atoms with Crippen molar-refractivity contribution in [3.05, 3.63) is 59.7 Å². The molecule has 2 aliphatic rings. The number of carboxylic acids is 1. The van der Waals surface area contributed by atoms with Gasteiger partial charge in [0.25, 0.3) is 0 Å². The highest BCUT2D eigenvalue weighted by Crippen LogP contribution is 2.44. The van der Waals surface area contributed by atoms with Crippen LogP contribution >= 0.6 is 0 Å². The Morgan fingerprint density at radius 3 is 2.33 bits per heavy atom. The standard InChI is InChI=1S/C25H29NO4/c27-24(28)14-6-8-17-7-5-9-18(15-17)26-25(29)30-16-23-21-12-3-1-10-19(21)20-11-2-4-13-22(20)23/h1-4,10-13,17-18,23H,5-9,14-16H2,(H,26,29)(H,27,28). The fourth-order valence-corrected chi connectivity index (χ4v) is 5.03. The highest BCUT2D eigenvalue weighted by atomic mass is 16.5. The Morgan fingerprint density at radius 1 is 1.00 bits per heavy atom. The summed E-state index contributed by atoms with van der Waals surface area (Å²) < 4.78 is 5.66. The predicted molar refractivity (Wildman–Crippen MR) is 115 cm³/mol. The molecule has 0 bridgehead atoms. The van der Waals surface area contributed by atoms with Crippen LogP contribution in [0.4, 0.5) is 4.79 Å². The minimum atomic E-state index is -0.737. The quantitative estimate of drug-likeness (QED) is 0.650. The first kappa shape index (κ1) is 20.5. The van der Waals surface area contributed by atoms with Crippen molar-refractivity contribution in [2.45, 2.75) is 56.9 Å². The molecule has 158 valence electrons. The van der Waals surface area contributed by atoms with Gasteiger partial charge in [-0.2, -0.15) is 0 Å². The van der Waals surface area contributed by atoms with E-state index >= 15 is 0 Å². The molecule has 0 aromatic heterocycles. The topological polar surface area (TPSA) is 75.6 Å². The first-order valence-electron chi connectivity index (χ1n) is 10.9. The lowest BCUT2D eigenvalue weighted by atomic mass is 9.83. The van der Waals surface area contributed by atoms with Crippen molar-refractivity contribution in [2.24, 2.45) is 5.92 Å². The van der Waals surface area contributed by atoms with Crippen molar-refractivity contribution in [1.82, 2.24) is 5.32 Å². The SMILES string of the molecule is O=C(O)CCCC1CCCC(NC(=O)OCC2c3ccccc3-c3ccccc32)C1. The van der Waals surface area contributed by atoms with Gasteiger partial charge in [-0.05, 0) is 53.9 Å². The van der Waals surface area contributed by atoms with E-state index in [0.29, 0.717) is 18.9 Å². The van der Waals surface area contributed by atoms with Gasteiger partial charge in [0.05, 0.1) is 0 Å². The zero-order valence-corrected chi connectivity index (χ0v) is 17.2. The fourth-order valence-electron chi connectivity index (χ4n) is 5.03. The maximum Gasteiger partial charge on any atom is 0.407 e. The largest absolute Gasteiger partial charge is 0.481 e. The van der Waals surface area contributed by atoms with Crippen LogP contribution in [0.25, 0.3) is 11.1 Å². The van der Waals surface area contributed by atoms with E-state index in [0.717, 1.165) is 32.1 Å². The van der Waals surface area contributed by atoms with Gasteiger partial charge in [-0.1, -0.05) is 61.4 Å². The summed E-state index contributed by atoms with van der Waals surface area (Å²) in [6, 6.07) is 16.7. The summed E-state index contributed by atoms with van der Waals surface area (Å²) in [5.74, 6) is -0.186. The Kier molecular flexibility index (Phi) is 6.36. The first-order valence-corrected chi connectivity index (χ1v) is 10.9. The van der Waals surface area contributed by atoms with Gasteiger partial charge in [0.15, 0.2) is 0 Å². The Balaban J connectivity index is 1.30.